The topological polar surface area (TPSA) is 104 Å². The normalized spacial score (nSPS) is 19.5. The third-order valence-corrected chi connectivity index (χ3v) is 6.30. The zero-order valence-electron chi connectivity index (χ0n) is 19.0. The van der Waals surface area contributed by atoms with Crippen LogP contribution in [0.3, 0.4) is 0 Å². The van der Waals surface area contributed by atoms with Gasteiger partial charge in [-0.05, 0) is 62.9 Å². The van der Waals surface area contributed by atoms with Crippen molar-refractivity contribution in [2.45, 2.75) is 50.7 Å². The quantitative estimate of drug-likeness (QED) is 0.416. The number of aromatic nitrogens is 2. The van der Waals surface area contributed by atoms with Crippen LogP contribution >= 0.6 is 12.4 Å². The predicted molar refractivity (Wildman–Crippen MR) is 127 cm³/mol. The van der Waals surface area contributed by atoms with Crippen LogP contribution in [-0.2, 0) is 32.5 Å². The highest BCUT2D eigenvalue weighted by molar-refractivity contribution is 6.00. The second-order valence-corrected chi connectivity index (χ2v) is 8.54. The molecule has 2 saturated heterocycles. The number of hydrogen-bond donors (Lipinski definition) is 2. The molecule has 0 aliphatic carbocycles. The number of carbonyl (C=O) groups excluding carboxylic acids is 2. The summed E-state index contributed by atoms with van der Waals surface area (Å²) in [5.41, 5.74) is 2.36. The number of ether oxygens (including phenoxy) is 2. The van der Waals surface area contributed by atoms with Gasteiger partial charge in [-0.2, -0.15) is 0 Å². The lowest BCUT2D eigenvalue weighted by Gasteiger charge is -2.22. The van der Waals surface area contributed by atoms with E-state index in [1.807, 2.05) is 18.2 Å². The van der Waals surface area contributed by atoms with Gasteiger partial charge in [0.05, 0.1) is 30.4 Å². The Morgan fingerprint density at radius 2 is 1.82 bits per heavy atom. The van der Waals surface area contributed by atoms with E-state index < -0.39 is 11.9 Å². The number of halogens is 1. The van der Waals surface area contributed by atoms with E-state index in [4.69, 9.17) is 9.47 Å². The Morgan fingerprint density at radius 1 is 1.03 bits per heavy atom. The number of imidazole rings is 1. The molecule has 1 atom stereocenters. The summed E-state index contributed by atoms with van der Waals surface area (Å²) < 4.78 is 14.6. The van der Waals surface area contributed by atoms with Gasteiger partial charge < -0.3 is 14.8 Å². The number of imide groups is 1. The molecule has 182 valence electrons. The molecular formula is C23H33ClN4O5. The molecule has 2 aromatic rings. The van der Waals surface area contributed by atoms with Gasteiger partial charge in [0, 0.05) is 20.1 Å². The summed E-state index contributed by atoms with van der Waals surface area (Å²) in [5, 5.41) is 5.66. The zero-order chi connectivity index (χ0) is 22.5. The highest BCUT2D eigenvalue weighted by Gasteiger charge is 2.31. The van der Waals surface area contributed by atoms with Gasteiger partial charge in [-0.25, -0.2) is 4.79 Å². The molecule has 2 amide bonds. The van der Waals surface area contributed by atoms with Crippen molar-refractivity contribution in [1.29, 1.82) is 0 Å². The molecule has 0 saturated carbocycles. The minimum absolute atomic E-state index is 0. The first-order chi connectivity index (χ1) is 15.5. The fourth-order valence-electron chi connectivity index (χ4n) is 4.51. The van der Waals surface area contributed by atoms with Gasteiger partial charge in [-0.3, -0.25) is 24.0 Å². The summed E-state index contributed by atoms with van der Waals surface area (Å²) >= 11 is 0. The molecular weight excluding hydrogens is 448 g/mol. The van der Waals surface area contributed by atoms with Crippen LogP contribution in [0.1, 0.15) is 43.7 Å². The molecule has 10 heteroatoms. The van der Waals surface area contributed by atoms with Gasteiger partial charge in [-0.1, -0.05) is 6.07 Å². The predicted octanol–water partition coefficient (Wildman–Crippen LogP) is 1.46. The van der Waals surface area contributed by atoms with Crippen LogP contribution in [0, 0.1) is 0 Å². The second-order valence-electron chi connectivity index (χ2n) is 8.54. The van der Waals surface area contributed by atoms with Crippen LogP contribution in [-0.4, -0.2) is 60.0 Å². The second kappa shape index (κ2) is 11.8. The molecule has 1 unspecified atom stereocenters. The maximum atomic E-state index is 12.8. The van der Waals surface area contributed by atoms with Gasteiger partial charge in [0.1, 0.15) is 6.04 Å². The van der Waals surface area contributed by atoms with Crippen molar-refractivity contribution in [3.63, 3.8) is 0 Å². The SMILES string of the molecule is Cl.Cn1c(=O)n(C2CCC(=O)NC2=O)c2ccc(CCCOCCOC3CCNCC3)cc21. The Kier molecular flexibility index (Phi) is 9.08. The van der Waals surface area contributed by atoms with E-state index in [1.54, 1.807) is 11.6 Å². The lowest BCUT2D eigenvalue weighted by Crippen LogP contribution is -2.44. The molecule has 33 heavy (non-hydrogen) atoms. The third-order valence-electron chi connectivity index (χ3n) is 6.30. The van der Waals surface area contributed by atoms with Crippen molar-refractivity contribution in [3.05, 3.63) is 34.2 Å². The van der Waals surface area contributed by atoms with Crippen molar-refractivity contribution >= 4 is 35.3 Å². The molecule has 9 nitrogen and oxygen atoms in total. The van der Waals surface area contributed by atoms with Gasteiger partial charge in [0.2, 0.25) is 11.8 Å². The summed E-state index contributed by atoms with van der Waals surface area (Å²) in [7, 11) is 1.71. The molecule has 4 rings (SSSR count). The van der Waals surface area contributed by atoms with Crippen molar-refractivity contribution < 1.29 is 19.1 Å². The van der Waals surface area contributed by atoms with Crippen LogP contribution in [0.25, 0.3) is 11.0 Å². The lowest BCUT2D eigenvalue weighted by molar-refractivity contribution is -0.135. The number of aryl methyl sites for hydroxylation is 2. The molecule has 1 aromatic heterocycles. The van der Waals surface area contributed by atoms with E-state index in [1.165, 1.54) is 4.57 Å². The number of nitrogens with one attached hydrogen (secondary N) is 2. The molecule has 3 heterocycles. The highest BCUT2D eigenvalue weighted by Crippen LogP contribution is 2.24. The molecule has 0 radical (unpaired) electrons. The van der Waals surface area contributed by atoms with Crippen LogP contribution in [0.4, 0.5) is 0 Å². The number of nitrogens with zero attached hydrogens (tertiary/aromatic N) is 2. The Hall–Kier alpha value is -2.20. The number of carbonyl (C=O) groups is 2. The average Bonchev–Trinajstić information content (AvgIpc) is 3.04. The molecule has 2 aliphatic rings. The van der Waals surface area contributed by atoms with E-state index in [0.29, 0.717) is 37.9 Å². The number of fused-ring (bicyclic) bond motifs is 1. The third kappa shape index (κ3) is 6.03. The van der Waals surface area contributed by atoms with E-state index in [0.717, 1.165) is 49.9 Å². The average molecular weight is 481 g/mol. The Morgan fingerprint density at radius 3 is 2.58 bits per heavy atom. The standard InChI is InChI=1S/C23H32N4O5.ClH/c1-26-20-15-16(3-2-12-31-13-14-32-17-8-10-24-11-9-17)4-5-18(20)27(23(26)30)19-6-7-21(28)25-22(19)29;/h4-5,15,17,19,24H,2-3,6-14H2,1H3,(H,25,28,29);1H. The van der Waals surface area contributed by atoms with E-state index in [9.17, 15) is 14.4 Å². The lowest BCUT2D eigenvalue weighted by atomic mass is 10.1. The Bertz CT molecular complexity index is 1030. The van der Waals surface area contributed by atoms with Crippen LogP contribution in [0.5, 0.6) is 0 Å². The number of benzene rings is 1. The van der Waals surface area contributed by atoms with Gasteiger partial charge in [0.15, 0.2) is 0 Å². The fourth-order valence-corrected chi connectivity index (χ4v) is 4.51. The first kappa shape index (κ1) is 25.4. The minimum atomic E-state index is -0.657. The monoisotopic (exact) mass is 480 g/mol. The van der Waals surface area contributed by atoms with Gasteiger partial charge >= 0.3 is 5.69 Å². The molecule has 2 aliphatic heterocycles. The Balaban J connectivity index is 0.00000306. The molecule has 1 aromatic carbocycles. The molecule has 2 fully saturated rings. The largest absolute Gasteiger partial charge is 0.379 e. The summed E-state index contributed by atoms with van der Waals surface area (Å²) in [5.74, 6) is -0.705. The number of amides is 2. The highest BCUT2D eigenvalue weighted by atomic mass is 35.5. The Labute approximate surface area is 199 Å². The van der Waals surface area contributed by atoms with E-state index in [2.05, 4.69) is 10.6 Å². The maximum Gasteiger partial charge on any atom is 0.329 e. The van der Waals surface area contributed by atoms with Gasteiger partial charge in [-0.15, -0.1) is 12.4 Å². The van der Waals surface area contributed by atoms with Crippen molar-refractivity contribution in [3.8, 4) is 0 Å². The minimum Gasteiger partial charge on any atom is -0.379 e. The summed E-state index contributed by atoms with van der Waals surface area (Å²) in [6, 6.07) is 5.22. The number of rotatable bonds is 9. The number of piperidine rings is 2. The van der Waals surface area contributed by atoms with Crippen LogP contribution in [0.15, 0.2) is 23.0 Å². The van der Waals surface area contributed by atoms with E-state index >= 15 is 0 Å². The first-order valence-corrected chi connectivity index (χ1v) is 11.5. The maximum absolute atomic E-state index is 12.8. The van der Waals surface area contributed by atoms with Crippen molar-refractivity contribution in [2.24, 2.45) is 7.05 Å². The summed E-state index contributed by atoms with van der Waals surface area (Å²) in [4.78, 5) is 36.6. The van der Waals surface area contributed by atoms with Crippen LogP contribution in [0.2, 0.25) is 0 Å². The summed E-state index contributed by atoms with van der Waals surface area (Å²) in [6.45, 7) is 3.94. The smallest absolute Gasteiger partial charge is 0.329 e. The van der Waals surface area contributed by atoms with Gasteiger partial charge in [0.25, 0.3) is 0 Å². The number of hydrogen-bond acceptors (Lipinski definition) is 6. The van der Waals surface area contributed by atoms with Crippen molar-refractivity contribution in [2.75, 3.05) is 32.9 Å². The first-order valence-electron chi connectivity index (χ1n) is 11.5. The van der Waals surface area contributed by atoms with Crippen LogP contribution < -0.4 is 16.3 Å². The van der Waals surface area contributed by atoms with E-state index in [-0.39, 0.29) is 30.4 Å². The fraction of sp³-hybridized carbons (Fsp3) is 0.609. The molecule has 0 bridgehead atoms. The molecule has 0 spiro atoms. The molecule has 2 N–H and O–H groups in total. The van der Waals surface area contributed by atoms with Crippen molar-refractivity contribution in [1.82, 2.24) is 19.8 Å². The summed E-state index contributed by atoms with van der Waals surface area (Å²) in [6.07, 6.45) is 4.77. The zero-order valence-corrected chi connectivity index (χ0v) is 19.8.